The minimum absolute atomic E-state index is 0.141. The molecule has 0 aromatic rings. The molecule has 16 heavy (non-hydrogen) atoms. The second-order valence-corrected chi connectivity index (χ2v) is 4.44. The minimum atomic E-state index is -0.825. The molecule has 1 atom stereocenters. The maximum absolute atomic E-state index is 12.0. The van der Waals surface area contributed by atoms with Gasteiger partial charge in [0.25, 0.3) is 0 Å². The van der Waals surface area contributed by atoms with Crippen molar-refractivity contribution in [3.63, 3.8) is 0 Å². The van der Waals surface area contributed by atoms with Gasteiger partial charge in [0.05, 0.1) is 6.04 Å². The van der Waals surface area contributed by atoms with E-state index in [1.54, 1.807) is 24.8 Å². The standard InChI is InChI=1S/C11H19N3O2/c1-4-5-8(12)9(15)14-7-6-13-10(16)11(14,2)3/h4,8H,1,5-7,12H2,2-3H3,(H,13,16). The predicted molar refractivity (Wildman–Crippen MR) is 61.6 cm³/mol. The van der Waals surface area contributed by atoms with Crippen molar-refractivity contribution in [2.24, 2.45) is 5.73 Å². The number of piperazine rings is 1. The Bertz CT molecular complexity index is 312. The normalized spacial score (nSPS) is 21.2. The van der Waals surface area contributed by atoms with Crippen molar-refractivity contribution in [1.29, 1.82) is 0 Å². The highest BCUT2D eigenvalue weighted by molar-refractivity contribution is 5.93. The molecule has 1 heterocycles. The predicted octanol–water partition coefficient (Wildman–Crippen LogP) is -0.373. The van der Waals surface area contributed by atoms with Crippen molar-refractivity contribution >= 4 is 11.8 Å². The van der Waals surface area contributed by atoms with E-state index in [4.69, 9.17) is 5.73 Å². The third kappa shape index (κ3) is 2.24. The largest absolute Gasteiger partial charge is 0.352 e. The zero-order valence-electron chi connectivity index (χ0n) is 9.82. The maximum Gasteiger partial charge on any atom is 0.245 e. The van der Waals surface area contributed by atoms with Crippen LogP contribution in [0.5, 0.6) is 0 Å². The lowest BCUT2D eigenvalue weighted by Crippen LogP contribution is -2.65. The summed E-state index contributed by atoms with van der Waals surface area (Å²) in [6, 6.07) is -0.609. The van der Waals surface area contributed by atoms with E-state index < -0.39 is 11.6 Å². The summed E-state index contributed by atoms with van der Waals surface area (Å²) < 4.78 is 0. The third-order valence-corrected chi connectivity index (χ3v) is 2.86. The van der Waals surface area contributed by atoms with E-state index in [0.29, 0.717) is 19.5 Å². The van der Waals surface area contributed by atoms with Crippen molar-refractivity contribution in [3.8, 4) is 0 Å². The molecule has 0 aromatic heterocycles. The summed E-state index contributed by atoms with van der Waals surface area (Å²) in [6.07, 6.45) is 2.03. The molecule has 1 aliphatic rings. The molecular formula is C11H19N3O2. The highest BCUT2D eigenvalue weighted by Crippen LogP contribution is 2.18. The van der Waals surface area contributed by atoms with Crippen LogP contribution in [0, 0.1) is 0 Å². The quantitative estimate of drug-likeness (QED) is 0.643. The van der Waals surface area contributed by atoms with E-state index in [0.717, 1.165) is 0 Å². The summed E-state index contributed by atoms with van der Waals surface area (Å²) in [5, 5.41) is 2.73. The third-order valence-electron chi connectivity index (χ3n) is 2.86. The van der Waals surface area contributed by atoms with Crippen molar-refractivity contribution in [1.82, 2.24) is 10.2 Å². The fourth-order valence-electron chi connectivity index (χ4n) is 1.77. The molecule has 5 nitrogen and oxygen atoms in total. The monoisotopic (exact) mass is 225 g/mol. The van der Waals surface area contributed by atoms with Crippen LogP contribution in [-0.4, -0.2) is 41.4 Å². The summed E-state index contributed by atoms with van der Waals surface area (Å²) in [6.45, 7) is 7.98. The summed E-state index contributed by atoms with van der Waals surface area (Å²) in [4.78, 5) is 25.2. The van der Waals surface area contributed by atoms with Gasteiger partial charge >= 0.3 is 0 Å². The summed E-state index contributed by atoms with van der Waals surface area (Å²) >= 11 is 0. The zero-order chi connectivity index (χ0) is 12.3. The first kappa shape index (κ1) is 12.7. The SMILES string of the molecule is C=CCC(N)C(=O)N1CCNC(=O)C1(C)C. The fraction of sp³-hybridized carbons (Fsp3) is 0.636. The first-order chi connectivity index (χ1) is 7.41. The lowest BCUT2D eigenvalue weighted by Gasteiger charge is -2.42. The van der Waals surface area contributed by atoms with Gasteiger partial charge in [-0.25, -0.2) is 0 Å². The molecule has 2 amide bonds. The molecule has 0 radical (unpaired) electrons. The molecule has 0 saturated carbocycles. The van der Waals surface area contributed by atoms with E-state index >= 15 is 0 Å². The van der Waals surface area contributed by atoms with Crippen molar-refractivity contribution in [2.75, 3.05) is 13.1 Å². The van der Waals surface area contributed by atoms with Crippen LogP contribution in [-0.2, 0) is 9.59 Å². The van der Waals surface area contributed by atoms with Crippen LogP contribution in [0.3, 0.4) is 0 Å². The fourth-order valence-corrected chi connectivity index (χ4v) is 1.77. The van der Waals surface area contributed by atoms with Gasteiger partial charge < -0.3 is 16.0 Å². The number of amides is 2. The molecular weight excluding hydrogens is 206 g/mol. The Morgan fingerprint density at radius 2 is 2.38 bits per heavy atom. The highest BCUT2D eigenvalue weighted by atomic mass is 16.2. The van der Waals surface area contributed by atoms with Gasteiger partial charge in [-0.2, -0.15) is 0 Å². The Morgan fingerprint density at radius 1 is 1.75 bits per heavy atom. The summed E-state index contributed by atoms with van der Waals surface area (Å²) in [5.41, 5.74) is 4.91. The lowest BCUT2D eigenvalue weighted by atomic mass is 9.97. The van der Waals surface area contributed by atoms with Gasteiger partial charge in [0.2, 0.25) is 11.8 Å². The topological polar surface area (TPSA) is 75.4 Å². The van der Waals surface area contributed by atoms with Gasteiger partial charge in [-0.05, 0) is 20.3 Å². The number of rotatable bonds is 3. The van der Waals surface area contributed by atoms with Crippen LogP contribution in [0.2, 0.25) is 0 Å². The Labute approximate surface area is 95.7 Å². The highest BCUT2D eigenvalue weighted by Gasteiger charge is 2.41. The summed E-state index contributed by atoms with van der Waals surface area (Å²) in [5.74, 6) is -0.336. The number of nitrogens with one attached hydrogen (secondary N) is 1. The minimum Gasteiger partial charge on any atom is -0.352 e. The van der Waals surface area contributed by atoms with E-state index in [9.17, 15) is 9.59 Å². The van der Waals surface area contributed by atoms with Gasteiger partial charge in [-0.3, -0.25) is 9.59 Å². The Hall–Kier alpha value is -1.36. The number of carbonyl (C=O) groups excluding carboxylic acids is 2. The Kier molecular flexibility index (Phi) is 3.70. The summed E-state index contributed by atoms with van der Waals surface area (Å²) in [7, 11) is 0. The van der Waals surface area contributed by atoms with Gasteiger partial charge in [-0.15, -0.1) is 6.58 Å². The molecule has 1 saturated heterocycles. The average molecular weight is 225 g/mol. The molecule has 5 heteroatoms. The van der Waals surface area contributed by atoms with E-state index in [2.05, 4.69) is 11.9 Å². The molecule has 0 bridgehead atoms. The van der Waals surface area contributed by atoms with Gasteiger partial charge in [0, 0.05) is 13.1 Å². The Balaban J connectivity index is 2.81. The Morgan fingerprint density at radius 3 is 2.94 bits per heavy atom. The number of hydrogen-bond donors (Lipinski definition) is 2. The molecule has 3 N–H and O–H groups in total. The van der Waals surface area contributed by atoms with E-state index in [-0.39, 0.29) is 11.8 Å². The number of hydrogen-bond acceptors (Lipinski definition) is 3. The van der Waals surface area contributed by atoms with Crippen molar-refractivity contribution < 1.29 is 9.59 Å². The first-order valence-corrected chi connectivity index (χ1v) is 5.37. The van der Waals surface area contributed by atoms with Crippen LogP contribution in [0.1, 0.15) is 20.3 Å². The smallest absolute Gasteiger partial charge is 0.245 e. The van der Waals surface area contributed by atoms with Crippen molar-refractivity contribution in [2.45, 2.75) is 31.8 Å². The molecule has 90 valence electrons. The molecule has 0 aromatic carbocycles. The van der Waals surface area contributed by atoms with Crippen LogP contribution in [0.25, 0.3) is 0 Å². The average Bonchev–Trinajstić information content (AvgIpc) is 2.21. The maximum atomic E-state index is 12.0. The molecule has 1 aliphatic heterocycles. The van der Waals surface area contributed by atoms with Crippen LogP contribution >= 0.6 is 0 Å². The second-order valence-electron chi connectivity index (χ2n) is 4.44. The first-order valence-electron chi connectivity index (χ1n) is 5.37. The molecule has 1 fully saturated rings. The molecule has 1 rings (SSSR count). The zero-order valence-corrected chi connectivity index (χ0v) is 9.82. The second kappa shape index (κ2) is 4.65. The lowest BCUT2D eigenvalue weighted by molar-refractivity contribution is -0.150. The number of nitrogens with two attached hydrogens (primary N) is 1. The molecule has 1 unspecified atom stereocenters. The van der Waals surface area contributed by atoms with E-state index in [1.807, 2.05) is 0 Å². The van der Waals surface area contributed by atoms with Crippen LogP contribution in [0.15, 0.2) is 12.7 Å². The van der Waals surface area contributed by atoms with E-state index in [1.165, 1.54) is 0 Å². The van der Waals surface area contributed by atoms with Crippen LogP contribution in [0.4, 0.5) is 0 Å². The van der Waals surface area contributed by atoms with Crippen LogP contribution < -0.4 is 11.1 Å². The van der Waals surface area contributed by atoms with Gasteiger partial charge in [0.15, 0.2) is 0 Å². The molecule has 0 aliphatic carbocycles. The van der Waals surface area contributed by atoms with Gasteiger partial charge in [-0.1, -0.05) is 6.08 Å². The van der Waals surface area contributed by atoms with Crippen molar-refractivity contribution in [3.05, 3.63) is 12.7 Å². The molecule has 0 spiro atoms. The number of carbonyl (C=O) groups is 2. The van der Waals surface area contributed by atoms with Gasteiger partial charge in [0.1, 0.15) is 5.54 Å². The number of nitrogens with zero attached hydrogens (tertiary/aromatic N) is 1.